The van der Waals surface area contributed by atoms with Gasteiger partial charge in [-0.2, -0.15) is 15.2 Å². The monoisotopic (exact) mass is 490 g/mol. The third kappa shape index (κ3) is 5.48. The summed E-state index contributed by atoms with van der Waals surface area (Å²) in [5.74, 6) is 1.83. The van der Waals surface area contributed by atoms with Gasteiger partial charge in [0, 0.05) is 49.4 Å². The molecule has 0 aliphatic carbocycles. The lowest BCUT2D eigenvalue weighted by molar-refractivity contribution is -0.125. The number of H-pyrrole nitrogens is 1. The summed E-state index contributed by atoms with van der Waals surface area (Å²) in [6, 6.07) is 7.34. The summed E-state index contributed by atoms with van der Waals surface area (Å²) in [6.07, 6.45) is 5.70. The molecule has 4 aromatic heterocycles. The van der Waals surface area contributed by atoms with Gasteiger partial charge in [0.1, 0.15) is 5.82 Å². The smallest absolute Gasteiger partial charge is 0.227 e. The number of hydrogen-bond acceptors (Lipinski definition) is 8. The molecule has 5 rings (SSSR count). The number of nitrogens with one attached hydrogen (secondary N) is 3. The summed E-state index contributed by atoms with van der Waals surface area (Å²) in [5.41, 5.74) is 2.63. The van der Waals surface area contributed by atoms with Crippen LogP contribution in [0.15, 0.2) is 42.9 Å². The fourth-order valence-electron chi connectivity index (χ4n) is 4.16. The van der Waals surface area contributed by atoms with E-state index in [4.69, 9.17) is 0 Å². The molecule has 4 aromatic rings. The van der Waals surface area contributed by atoms with E-state index in [1.165, 1.54) is 10.9 Å². The van der Waals surface area contributed by atoms with Gasteiger partial charge in [-0.3, -0.25) is 9.89 Å². The zero-order chi connectivity index (χ0) is 25.1. The minimum atomic E-state index is -0.425. The molecule has 11 nitrogen and oxygen atoms in total. The van der Waals surface area contributed by atoms with Crippen molar-refractivity contribution >= 4 is 23.5 Å². The van der Waals surface area contributed by atoms with Crippen molar-refractivity contribution in [2.45, 2.75) is 33.2 Å². The molecule has 5 heterocycles. The summed E-state index contributed by atoms with van der Waals surface area (Å²) in [7, 11) is 0. The summed E-state index contributed by atoms with van der Waals surface area (Å²) < 4.78 is 14.5. The molecule has 1 aliphatic heterocycles. The molecule has 186 valence electrons. The summed E-state index contributed by atoms with van der Waals surface area (Å²) in [6.45, 7) is 5.53. The van der Waals surface area contributed by atoms with E-state index in [9.17, 15) is 9.18 Å². The van der Waals surface area contributed by atoms with Crippen molar-refractivity contribution in [1.29, 1.82) is 0 Å². The van der Waals surface area contributed by atoms with Crippen LogP contribution in [-0.4, -0.2) is 53.9 Å². The van der Waals surface area contributed by atoms with Gasteiger partial charge in [0.05, 0.1) is 18.3 Å². The topological polar surface area (TPSA) is 130 Å². The van der Waals surface area contributed by atoms with Crippen LogP contribution in [0.5, 0.6) is 0 Å². The number of pyridine rings is 1. The number of anilines is 3. The number of hydrogen-bond donors (Lipinski definition) is 3. The largest absolute Gasteiger partial charge is 0.352 e. The molecular weight excluding hydrogens is 463 g/mol. The Balaban J connectivity index is 1.19. The van der Waals surface area contributed by atoms with Crippen LogP contribution in [0, 0.1) is 25.6 Å². The van der Waals surface area contributed by atoms with Crippen LogP contribution in [0.4, 0.5) is 22.0 Å². The minimum absolute atomic E-state index is 0.0177. The first-order valence-corrected chi connectivity index (χ1v) is 11.8. The van der Waals surface area contributed by atoms with Crippen LogP contribution >= 0.6 is 0 Å². The van der Waals surface area contributed by atoms with Gasteiger partial charge in [-0.25, -0.2) is 19.0 Å². The quantitative estimate of drug-likeness (QED) is 0.361. The van der Waals surface area contributed by atoms with Crippen molar-refractivity contribution in [2.75, 3.05) is 23.3 Å². The summed E-state index contributed by atoms with van der Waals surface area (Å²) >= 11 is 0. The highest BCUT2D eigenvalue weighted by molar-refractivity contribution is 5.79. The van der Waals surface area contributed by atoms with E-state index < -0.39 is 5.82 Å². The molecule has 1 atom stereocenters. The number of aryl methyl sites for hydroxylation is 2. The van der Waals surface area contributed by atoms with Crippen molar-refractivity contribution in [3.05, 3.63) is 65.6 Å². The standard InChI is InChI=1S/C24H27FN10O/c1-15-8-20(30-21-9-16(2)32-33-21)31-24(29-15)34-7-3-4-18(13-34)23(36)27-11-17-5-6-22(26-10-17)35-14-19(25)12-28-35/h5-6,8-10,12,14,18H,3-4,7,11,13H2,1-2H3,(H,27,36)(H2,29,30,31,32,33)/t18-/m0/s1. The molecule has 0 spiro atoms. The number of aromatic nitrogens is 7. The zero-order valence-electron chi connectivity index (χ0n) is 20.1. The molecule has 1 fully saturated rings. The normalized spacial score (nSPS) is 15.6. The average molecular weight is 491 g/mol. The summed E-state index contributed by atoms with van der Waals surface area (Å²) in [5, 5.41) is 17.2. The zero-order valence-corrected chi connectivity index (χ0v) is 20.1. The van der Waals surface area contributed by atoms with Crippen molar-refractivity contribution in [3.63, 3.8) is 0 Å². The number of carbonyl (C=O) groups excluding carboxylic acids is 1. The van der Waals surface area contributed by atoms with Gasteiger partial charge in [0.25, 0.3) is 0 Å². The maximum absolute atomic E-state index is 13.2. The van der Waals surface area contributed by atoms with Crippen LogP contribution in [0.2, 0.25) is 0 Å². The Morgan fingerprint density at radius 2 is 2.08 bits per heavy atom. The fraction of sp³-hybridized carbons (Fsp3) is 0.333. The van der Waals surface area contributed by atoms with Crippen molar-refractivity contribution in [3.8, 4) is 5.82 Å². The molecule has 0 unspecified atom stereocenters. The molecule has 0 saturated carbocycles. The van der Waals surface area contributed by atoms with Crippen molar-refractivity contribution in [2.24, 2.45) is 5.92 Å². The molecular formula is C24H27FN10O. The van der Waals surface area contributed by atoms with E-state index in [0.29, 0.717) is 36.5 Å². The van der Waals surface area contributed by atoms with Gasteiger partial charge in [0.15, 0.2) is 17.5 Å². The second-order valence-electron chi connectivity index (χ2n) is 8.89. The van der Waals surface area contributed by atoms with Gasteiger partial charge in [-0.1, -0.05) is 6.07 Å². The first-order chi connectivity index (χ1) is 17.4. The molecule has 1 saturated heterocycles. The van der Waals surface area contributed by atoms with Crippen molar-refractivity contribution in [1.82, 2.24) is 40.2 Å². The predicted octanol–water partition coefficient (Wildman–Crippen LogP) is 2.81. The molecule has 0 aromatic carbocycles. The molecule has 3 N–H and O–H groups in total. The van der Waals surface area contributed by atoms with Crippen LogP contribution in [0.1, 0.15) is 29.8 Å². The van der Waals surface area contributed by atoms with Gasteiger partial charge >= 0.3 is 0 Å². The SMILES string of the molecule is Cc1cc(Nc2cc(C)[nH]n2)nc(N2CCC[C@H](C(=O)NCc3ccc(-n4cc(F)cn4)nc3)C2)n1. The van der Waals surface area contributed by atoms with Crippen molar-refractivity contribution < 1.29 is 9.18 Å². The number of halogens is 1. The van der Waals surface area contributed by atoms with Gasteiger partial charge in [-0.05, 0) is 38.3 Å². The van der Waals surface area contributed by atoms with Crippen LogP contribution in [0.25, 0.3) is 5.82 Å². The number of piperidine rings is 1. The third-order valence-corrected chi connectivity index (χ3v) is 5.94. The lowest BCUT2D eigenvalue weighted by Gasteiger charge is -2.32. The Kier molecular flexibility index (Phi) is 6.56. The first-order valence-electron chi connectivity index (χ1n) is 11.8. The maximum atomic E-state index is 13.2. The Labute approximate surface area is 207 Å². The molecule has 1 aliphatic rings. The van der Waals surface area contributed by atoms with Gasteiger partial charge in [-0.15, -0.1) is 0 Å². The highest BCUT2D eigenvalue weighted by atomic mass is 19.1. The third-order valence-electron chi connectivity index (χ3n) is 5.94. The average Bonchev–Trinajstić information content (AvgIpc) is 3.50. The predicted molar refractivity (Wildman–Crippen MR) is 131 cm³/mol. The van der Waals surface area contributed by atoms with E-state index in [2.05, 4.69) is 45.8 Å². The Bertz CT molecular complexity index is 1350. The summed E-state index contributed by atoms with van der Waals surface area (Å²) in [4.78, 5) is 28.6. The lowest BCUT2D eigenvalue weighted by Crippen LogP contribution is -2.43. The minimum Gasteiger partial charge on any atom is -0.352 e. The maximum Gasteiger partial charge on any atom is 0.227 e. The second kappa shape index (κ2) is 10.1. The lowest BCUT2D eigenvalue weighted by atomic mass is 9.97. The number of nitrogens with zero attached hydrogens (tertiary/aromatic N) is 7. The van der Waals surface area contributed by atoms with E-state index in [0.717, 1.165) is 42.5 Å². The highest BCUT2D eigenvalue weighted by Crippen LogP contribution is 2.23. The number of rotatable bonds is 7. The fourth-order valence-corrected chi connectivity index (χ4v) is 4.16. The van der Waals surface area contributed by atoms with Crippen LogP contribution in [-0.2, 0) is 11.3 Å². The highest BCUT2D eigenvalue weighted by Gasteiger charge is 2.27. The molecule has 1 amide bonds. The number of aromatic amines is 1. The second-order valence-corrected chi connectivity index (χ2v) is 8.89. The Hall–Kier alpha value is -4.35. The van der Waals surface area contributed by atoms with E-state index in [1.807, 2.05) is 32.0 Å². The van der Waals surface area contributed by atoms with Crippen LogP contribution in [0.3, 0.4) is 0 Å². The van der Waals surface area contributed by atoms with E-state index in [1.54, 1.807) is 12.3 Å². The molecule has 0 radical (unpaired) electrons. The molecule has 0 bridgehead atoms. The Morgan fingerprint density at radius 1 is 1.19 bits per heavy atom. The van der Waals surface area contributed by atoms with Crippen LogP contribution < -0.4 is 15.5 Å². The molecule has 12 heteroatoms. The number of carbonyl (C=O) groups is 1. The molecule has 36 heavy (non-hydrogen) atoms. The van der Waals surface area contributed by atoms with E-state index >= 15 is 0 Å². The first kappa shape index (κ1) is 23.4. The Morgan fingerprint density at radius 3 is 2.81 bits per heavy atom. The van der Waals surface area contributed by atoms with E-state index in [-0.39, 0.29) is 11.8 Å². The number of amides is 1. The van der Waals surface area contributed by atoms with Gasteiger partial charge < -0.3 is 15.5 Å². The van der Waals surface area contributed by atoms with Gasteiger partial charge in [0.2, 0.25) is 11.9 Å².